The highest BCUT2D eigenvalue weighted by Gasteiger charge is 2.14. The molecule has 326 valence electrons. The molecule has 0 aliphatic rings. The Kier molecular flexibility index (Phi) is 43.7. The fourth-order valence-corrected chi connectivity index (χ4v) is 7.44. The van der Waals surface area contributed by atoms with Gasteiger partial charge in [0, 0.05) is 19.1 Å². The molecule has 0 saturated carbocycles. The normalized spacial score (nSPS) is 11.7. The Labute approximate surface area is 342 Å². The van der Waals surface area contributed by atoms with Crippen molar-refractivity contribution >= 4 is 18.2 Å². The molecule has 0 aromatic rings. The van der Waals surface area contributed by atoms with E-state index in [0.717, 1.165) is 77.4 Å². The van der Waals surface area contributed by atoms with Gasteiger partial charge in [0.2, 0.25) is 0 Å². The number of carbonyl (C=O) groups excluding carboxylic acids is 2. The first-order chi connectivity index (χ1) is 27.1. The van der Waals surface area contributed by atoms with Crippen molar-refractivity contribution in [2.75, 3.05) is 33.4 Å². The molecule has 0 radical (unpaired) electrons. The molecule has 0 spiro atoms. The van der Waals surface area contributed by atoms with E-state index in [9.17, 15) is 9.59 Å². The number of hydrogen-bond donors (Lipinski definition) is 0. The van der Waals surface area contributed by atoms with Crippen LogP contribution in [-0.2, 0) is 23.9 Å². The zero-order valence-corrected chi connectivity index (χ0v) is 37.4. The highest BCUT2D eigenvalue weighted by Crippen LogP contribution is 2.19. The van der Waals surface area contributed by atoms with E-state index < -0.39 is 0 Å². The van der Waals surface area contributed by atoms with Crippen LogP contribution in [0.3, 0.4) is 0 Å². The maximum Gasteiger partial charge on any atom is 0.306 e. The lowest BCUT2D eigenvalue weighted by molar-refractivity contribution is -0.150. The summed E-state index contributed by atoms with van der Waals surface area (Å²) in [7, 11) is 1.60. The van der Waals surface area contributed by atoms with Crippen molar-refractivity contribution in [1.29, 1.82) is 0 Å². The van der Waals surface area contributed by atoms with Crippen molar-refractivity contribution in [3.8, 4) is 0 Å². The first-order valence-electron chi connectivity index (χ1n) is 24.2. The smallest absolute Gasteiger partial charge is 0.306 e. The summed E-state index contributed by atoms with van der Waals surface area (Å²) in [6, 6.07) is 0. The van der Waals surface area contributed by atoms with E-state index >= 15 is 0 Å². The van der Waals surface area contributed by atoms with Gasteiger partial charge in [-0.05, 0) is 90.3 Å². The first kappa shape index (κ1) is 53.4. The number of unbranched alkanes of at least 4 members (excludes halogenated alkanes) is 26. The Hall–Kier alpha value is -1.63. The van der Waals surface area contributed by atoms with Crippen molar-refractivity contribution in [2.45, 2.75) is 258 Å². The molecule has 0 rings (SSSR count). The molecule has 0 N–H and O–H groups in total. The fraction of sp³-hybridized carbons (Fsp3) is 0.938. The van der Waals surface area contributed by atoms with Crippen molar-refractivity contribution in [3.63, 3.8) is 0 Å². The van der Waals surface area contributed by atoms with Gasteiger partial charge in [-0.1, -0.05) is 174 Å². The lowest BCUT2D eigenvalue weighted by Gasteiger charge is -2.22. The Balaban J connectivity index is 4.21. The number of carbonyl (C=O) groups is 2. The Morgan fingerprint density at radius 3 is 1.38 bits per heavy atom. The van der Waals surface area contributed by atoms with Crippen LogP contribution in [0, 0.1) is 0 Å². The second kappa shape index (κ2) is 45.1. The topological polar surface area (TPSA) is 77.4 Å². The van der Waals surface area contributed by atoms with Gasteiger partial charge in [0.05, 0.1) is 6.61 Å². The van der Waals surface area contributed by atoms with E-state index in [1.54, 1.807) is 7.11 Å². The highest BCUT2D eigenvalue weighted by atomic mass is 16.6. The van der Waals surface area contributed by atoms with Gasteiger partial charge in [-0.15, -0.1) is 0 Å². The van der Waals surface area contributed by atoms with Crippen LogP contribution in [-0.4, -0.2) is 62.5 Å². The lowest BCUT2D eigenvalue weighted by Crippen LogP contribution is -2.27. The molecular weight excluding hydrogens is 685 g/mol. The second-order valence-electron chi connectivity index (χ2n) is 16.4. The molecule has 7 nitrogen and oxygen atoms in total. The van der Waals surface area contributed by atoms with E-state index in [1.165, 1.54) is 161 Å². The van der Waals surface area contributed by atoms with Crippen LogP contribution in [0.2, 0.25) is 0 Å². The number of hydrogen-bond acceptors (Lipinski definition) is 7. The van der Waals surface area contributed by atoms with Gasteiger partial charge in [-0.3, -0.25) is 9.59 Å². The summed E-state index contributed by atoms with van der Waals surface area (Å²) in [6.45, 7) is 10.7. The third-order valence-electron chi connectivity index (χ3n) is 11.0. The van der Waals surface area contributed by atoms with E-state index in [0.29, 0.717) is 19.4 Å². The lowest BCUT2D eigenvalue weighted by atomic mass is 10.0. The third-order valence-corrected chi connectivity index (χ3v) is 11.0. The minimum absolute atomic E-state index is 0.0164. The summed E-state index contributed by atoms with van der Waals surface area (Å²) >= 11 is 0. The first-order valence-corrected chi connectivity index (χ1v) is 24.2. The fourth-order valence-electron chi connectivity index (χ4n) is 7.44. The molecular formula is C48H94N2O5. The van der Waals surface area contributed by atoms with Crippen molar-refractivity contribution < 1.29 is 23.9 Å². The number of rotatable bonds is 45. The summed E-state index contributed by atoms with van der Waals surface area (Å²) in [5, 5.41) is 3.90. The number of oxime groups is 1. The van der Waals surface area contributed by atoms with Crippen LogP contribution in [0.25, 0.3) is 0 Å². The summed E-state index contributed by atoms with van der Waals surface area (Å²) in [6.07, 6.45) is 44.1. The summed E-state index contributed by atoms with van der Waals surface area (Å²) in [4.78, 5) is 32.3. The van der Waals surface area contributed by atoms with Gasteiger partial charge < -0.3 is 19.2 Å². The average Bonchev–Trinajstić information content (AvgIpc) is 3.18. The molecule has 0 atom stereocenters. The number of ether oxygens (including phenoxy) is 2. The van der Waals surface area contributed by atoms with Gasteiger partial charge in [-0.2, -0.15) is 0 Å². The molecule has 0 aromatic carbocycles. The number of nitrogens with zero attached hydrogens (tertiary/aromatic N) is 2. The maximum atomic E-state index is 12.8. The molecule has 7 heteroatoms. The quantitative estimate of drug-likeness (QED) is 0.0265. The van der Waals surface area contributed by atoms with Gasteiger partial charge in [0.15, 0.2) is 0 Å². The monoisotopic (exact) mass is 779 g/mol. The SMILES string of the molecule is CCCCCCCCCCOC(=O)CCCCCCCN(CCC/C=N/OC)CCCCCCCC(=O)OC(CCCCCCCC)CCCCCCCC. The molecule has 0 saturated heterocycles. The Morgan fingerprint density at radius 2 is 0.891 bits per heavy atom. The van der Waals surface area contributed by atoms with E-state index in [1.807, 2.05) is 6.21 Å². The Bertz CT molecular complexity index is 806. The summed E-state index contributed by atoms with van der Waals surface area (Å²) in [5.74, 6) is 0.0106. The van der Waals surface area contributed by atoms with E-state index in [-0.39, 0.29) is 18.0 Å². The van der Waals surface area contributed by atoms with Crippen molar-refractivity contribution in [3.05, 3.63) is 0 Å². The van der Waals surface area contributed by atoms with Crippen LogP contribution in [0.15, 0.2) is 5.16 Å². The van der Waals surface area contributed by atoms with Crippen LogP contribution in [0.1, 0.15) is 252 Å². The number of esters is 2. The van der Waals surface area contributed by atoms with E-state index in [2.05, 4.69) is 30.8 Å². The molecule has 0 fully saturated rings. The average molecular weight is 779 g/mol. The molecule has 0 aliphatic carbocycles. The summed E-state index contributed by atoms with van der Waals surface area (Å²) < 4.78 is 11.5. The Morgan fingerprint density at radius 1 is 0.491 bits per heavy atom. The van der Waals surface area contributed by atoms with Gasteiger partial charge in [0.25, 0.3) is 0 Å². The zero-order valence-electron chi connectivity index (χ0n) is 37.4. The third kappa shape index (κ3) is 41.8. The second-order valence-corrected chi connectivity index (χ2v) is 16.4. The predicted octanol–water partition coefficient (Wildman–Crippen LogP) is 14.5. The van der Waals surface area contributed by atoms with Crippen LogP contribution >= 0.6 is 0 Å². The molecule has 0 unspecified atom stereocenters. The highest BCUT2D eigenvalue weighted by molar-refractivity contribution is 5.69. The molecule has 55 heavy (non-hydrogen) atoms. The molecule has 0 aliphatic heterocycles. The van der Waals surface area contributed by atoms with E-state index in [4.69, 9.17) is 14.3 Å². The molecule has 0 heterocycles. The largest absolute Gasteiger partial charge is 0.466 e. The standard InChI is InChI=1S/C48H94N2O5/c1-5-8-11-14-17-18-27-36-45-54-47(51)39-30-23-19-25-33-42-50(44-35-32-41-49-53-4)43-34-26-20-24-31-40-48(52)55-46(37-28-21-15-12-9-6-2)38-29-22-16-13-10-7-3/h41,46H,5-40,42-45H2,1-4H3/b49-41+. The zero-order chi connectivity index (χ0) is 40.1. The van der Waals surface area contributed by atoms with Crippen LogP contribution in [0.5, 0.6) is 0 Å². The molecule has 0 aromatic heterocycles. The predicted molar refractivity (Wildman–Crippen MR) is 236 cm³/mol. The minimum Gasteiger partial charge on any atom is -0.466 e. The molecule has 0 bridgehead atoms. The maximum absolute atomic E-state index is 12.8. The minimum atomic E-state index is -0.0164. The van der Waals surface area contributed by atoms with Crippen molar-refractivity contribution in [1.82, 2.24) is 4.90 Å². The van der Waals surface area contributed by atoms with Crippen molar-refractivity contribution in [2.24, 2.45) is 5.16 Å². The van der Waals surface area contributed by atoms with Gasteiger partial charge in [-0.25, -0.2) is 0 Å². The van der Waals surface area contributed by atoms with Gasteiger partial charge >= 0.3 is 11.9 Å². The van der Waals surface area contributed by atoms with Crippen LogP contribution in [0.4, 0.5) is 0 Å². The summed E-state index contributed by atoms with van der Waals surface area (Å²) in [5.41, 5.74) is 0. The van der Waals surface area contributed by atoms with Crippen LogP contribution < -0.4 is 0 Å². The molecule has 0 amide bonds. The van der Waals surface area contributed by atoms with Gasteiger partial charge in [0.1, 0.15) is 13.2 Å².